The van der Waals surface area contributed by atoms with Gasteiger partial charge in [0, 0.05) is 0 Å². The molecule has 0 saturated heterocycles. The Labute approximate surface area is 81.0 Å². The molecule has 0 amide bonds. The van der Waals surface area contributed by atoms with Crippen molar-refractivity contribution < 1.29 is 61.0 Å². The molecule has 0 bridgehead atoms. The van der Waals surface area contributed by atoms with Crippen LogP contribution in [0.5, 0.6) is 0 Å². The van der Waals surface area contributed by atoms with Crippen LogP contribution in [0.25, 0.3) is 0 Å². The van der Waals surface area contributed by atoms with Gasteiger partial charge >= 0.3 is 33.0 Å². The van der Waals surface area contributed by atoms with Crippen LogP contribution < -0.4 is 9.79 Å². The van der Waals surface area contributed by atoms with E-state index in [1.807, 2.05) is 0 Å². The summed E-state index contributed by atoms with van der Waals surface area (Å²) >= 11 is -3.11. The van der Waals surface area contributed by atoms with Crippen LogP contribution in [0.3, 0.4) is 0 Å². The van der Waals surface area contributed by atoms with E-state index in [0.717, 1.165) is 0 Å². The molecule has 68 valence electrons. The first-order valence-corrected chi connectivity index (χ1v) is 3.20. The molecule has 0 rings (SSSR count). The van der Waals surface area contributed by atoms with E-state index in [0.29, 0.717) is 0 Å². The minimum absolute atomic E-state index is 0. The van der Waals surface area contributed by atoms with Gasteiger partial charge in [0.05, 0.1) is 0 Å². The fourth-order valence-corrected chi connectivity index (χ4v) is 0. The van der Waals surface area contributed by atoms with E-state index in [1.165, 1.54) is 0 Å². The quantitative estimate of drug-likeness (QED) is 0.284. The Morgan fingerprint density at radius 1 is 1.20 bits per heavy atom. The van der Waals surface area contributed by atoms with Crippen molar-refractivity contribution in [3.63, 3.8) is 0 Å². The average Bonchev–Trinajstić information content (AvgIpc) is 1.25. The molecule has 0 aromatic rings. The van der Waals surface area contributed by atoms with Crippen molar-refractivity contribution in [1.29, 1.82) is 0 Å². The summed E-state index contributed by atoms with van der Waals surface area (Å²) in [7, 11) is -3.12. The molecule has 1 N–H and O–H groups in total. The molecule has 0 spiro atoms. The molecule has 0 aliphatic heterocycles. The molecule has 10 heteroatoms. The summed E-state index contributed by atoms with van der Waals surface area (Å²) in [5.41, 5.74) is 0. The summed E-state index contributed by atoms with van der Waals surface area (Å²) in [5, 5.41) is 0. The number of hydrogen-bond donors (Lipinski definition) is 1. The minimum Gasteiger partial charge on any atom is -0.820 e. The Balaban J connectivity index is -0.0000000300. The van der Waals surface area contributed by atoms with Crippen molar-refractivity contribution in [3.05, 3.63) is 0 Å². The second kappa shape index (κ2) is 16.8. The summed E-state index contributed by atoms with van der Waals surface area (Å²) in [6.45, 7) is 0. The summed E-state index contributed by atoms with van der Waals surface area (Å²) in [5.74, 6) is 0. The Morgan fingerprint density at radius 3 is 1.20 bits per heavy atom. The van der Waals surface area contributed by atoms with Crippen molar-refractivity contribution in [3.8, 4) is 0 Å². The van der Waals surface area contributed by atoms with E-state index in [2.05, 4.69) is 0 Å². The van der Waals surface area contributed by atoms with Crippen LogP contribution in [0, 0.1) is 0 Å². The normalized spacial score (nSPS) is 7.10. The monoisotopic (exact) mass is 276 g/mol. The Kier molecular flexibility index (Phi) is 37.7. The van der Waals surface area contributed by atoms with E-state index >= 15 is 0 Å². The fraction of sp³-hybridized carbons (Fsp3) is 0. The van der Waals surface area contributed by atoms with Gasteiger partial charge in [0.1, 0.15) is 0 Å². The Bertz CT molecular complexity index is 60.0. The second-order valence-electron chi connectivity index (χ2n) is 0.442. The molecule has 6 nitrogen and oxygen atoms in total. The van der Waals surface area contributed by atoms with Crippen LogP contribution in [0.4, 0.5) is 0 Å². The Morgan fingerprint density at radius 2 is 1.20 bits per heavy atom. The van der Waals surface area contributed by atoms with Crippen molar-refractivity contribution in [2.45, 2.75) is 0 Å². The standard InChI is InChI=1S/2Ni.HO3P.H2O3S/c;;2*1-4(2)3/h;;1H;(H2,1,2,3)/q2*+2;-2;/p-2. The van der Waals surface area contributed by atoms with Crippen molar-refractivity contribution in [2.24, 2.45) is 0 Å². The van der Waals surface area contributed by atoms with Crippen LogP contribution in [-0.2, 0) is 44.3 Å². The molecule has 0 saturated carbocycles. The van der Waals surface area contributed by atoms with Gasteiger partial charge in [0.2, 0.25) is 0 Å². The molecule has 0 aromatic carbocycles. The zero-order chi connectivity index (χ0) is 7.15. The summed E-state index contributed by atoms with van der Waals surface area (Å²) in [6.07, 6.45) is 0. The topological polar surface area (TPSA) is 130 Å². The SMILES string of the molecule is O=S([O-])[O-].[Ni+2].[Ni+2].[O-]P([O-])O. The van der Waals surface area contributed by atoms with E-state index < -0.39 is 20.0 Å². The van der Waals surface area contributed by atoms with Crippen LogP contribution >= 0.6 is 8.60 Å². The fourth-order valence-electron chi connectivity index (χ4n) is 0. The smallest absolute Gasteiger partial charge is 0.820 e. The van der Waals surface area contributed by atoms with E-state index in [4.69, 9.17) is 28.0 Å². The second-order valence-corrected chi connectivity index (χ2v) is 1.33. The molecular formula is HNi2O6PS. The van der Waals surface area contributed by atoms with Gasteiger partial charge < -0.3 is 23.8 Å². The first-order chi connectivity index (χ1) is 3.46. The van der Waals surface area contributed by atoms with Crippen LogP contribution in [0.1, 0.15) is 0 Å². The largest absolute Gasteiger partial charge is 2.00 e. The molecule has 0 aliphatic carbocycles. The predicted molar refractivity (Wildman–Crippen MR) is 18.8 cm³/mol. The van der Waals surface area contributed by atoms with Gasteiger partial charge in [-0.3, -0.25) is 4.21 Å². The zero-order valence-corrected chi connectivity index (χ0v) is 7.66. The molecule has 0 heterocycles. The van der Waals surface area contributed by atoms with Gasteiger partial charge in [-0.15, -0.1) is 11.4 Å². The summed E-state index contributed by atoms with van der Waals surface area (Å²) in [4.78, 5) is 24.2. The van der Waals surface area contributed by atoms with E-state index in [-0.39, 0.29) is 33.0 Å². The number of hydrogen-bond acceptors (Lipinski definition) is 6. The maximum Gasteiger partial charge on any atom is 2.00 e. The molecule has 0 aromatic heterocycles. The van der Waals surface area contributed by atoms with Crippen molar-refractivity contribution >= 4 is 20.0 Å². The Hall–Kier alpha value is 1.37. The third-order valence-corrected chi connectivity index (χ3v) is 0. The maximum atomic E-state index is 8.59. The van der Waals surface area contributed by atoms with Gasteiger partial charge in [-0.25, -0.2) is 0 Å². The molecule has 0 atom stereocenters. The molecule has 0 radical (unpaired) electrons. The van der Waals surface area contributed by atoms with E-state index in [9.17, 15) is 0 Å². The van der Waals surface area contributed by atoms with Crippen LogP contribution in [-0.4, -0.2) is 18.2 Å². The van der Waals surface area contributed by atoms with Gasteiger partial charge in [0.25, 0.3) is 0 Å². The first-order valence-electron chi connectivity index (χ1n) is 1.07. The van der Waals surface area contributed by atoms with Crippen molar-refractivity contribution in [1.82, 2.24) is 0 Å². The van der Waals surface area contributed by atoms with Gasteiger partial charge in [-0.05, 0) is 0 Å². The number of rotatable bonds is 0. The molecule has 0 unspecified atom stereocenters. The third kappa shape index (κ3) is 351. The summed E-state index contributed by atoms with van der Waals surface area (Å²) in [6, 6.07) is 0. The third-order valence-electron chi connectivity index (χ3n) is 0. The summed E-state index contributed by atoms with van der Waals surface area (Å²) < 4.78 is 25.3. The predicted octanol–water partition coefficient (Wildman–Crippen LogP) is -3.08. The van der Waals surface area contributed by atoms with Crippen LogP contribution in [0.15, 0.2) is 0 Å². The maximum absolute atomic E-state index is 8.59. The first kappa shape index (κ1) is 22.5. The average molecular weight is 277 g/mol. The molecule has 0 fully saturated rings. The van der Waals surface area contributed by atoms with Gasteiger partial charge in [-0.1, -0.05) is 0 Å². The van der Waals surface area contributed by atoms with Gasteiger partial charge in [-0.2, -0.15) is 8.60 Å². The molecular weight excluding hydrogens is 276 g/mol. The minimum atomic E-state index is -3.12. The molecule has 0 aliphatic rings. The van der Waals surface area contributed by atoms with Crippen LogP contribution in [0.2, 0.25) is 0 Å². The van der Waals surface area contributed by atoms with Gasteiger partial charge in [0.15, 0.2) is 0 Å². The van der Waals surface area contributed by atoms with Crippen molar-refractivity contribution in [2.75, 3.05) is 0 Å². The zero-order valence-electron chi connectivity index (χ0n) is 3.98. The molecule has 10 heavy (non-hydrogen) atoms. The van der Waals surface area contributed by atoms with E-state index in [1.54, 1.807) is 0 Å².